The molecule has 1 heterocycles. The number of nitrogens with zero attached hydrogens (tertiary/aromatic N) is 1. The molecule has 1 aliphatic heterocycles. The molecule has 6 N–H and O–H groups in total. The summed E-state index contributed by atoms with van der Waals surface area (Å²) >= 11 is 3.30. The van der Waals surface area contributed by atoms with Crippen molar-refractivity contribution in [3.05, 3.63) is 28.7 Å². The largest absolute Gasteiger partial charge is 0.359 e. The second-order valence-electron chi connectivity index (χ2n) is 4.92. The maximum atomic E-state index is 12.0. The van der Waals surface area contributed by atoms with Crippen molar-refractivity contribution in [3.8, 4) is 0 Å². The third-order valence-electron chi connectivity index (χ3n) is 3.40. The predicted octanol–water partition coefficient (Wildman–Crippen LogP) is 0.724. The maximum Gasteiger partial charge on any atom is 0.359 e. The molecule has 0 radical (unpaired) electrons. The van der Waals surface area contributed by atoms with E-state index < -0.39 is 31.7 Å². The van der Waals surface area contributed by atoms with Gasteiger partial charge in [-0.05, 0) is 30.7 Å². The van der Waals surface area contributed by atoms with Crippen molar-refractivity contribution in [1.29, 1.82) is 0 Å². The lowest BCUT2D eigenvalue weighted by atomic mass is 9.99. The molecule has 1 fully saturated rings. The van der Waals surface area contributed by atoms with Crippen molar-refractivity contribution in [2.45, 2.75) is 17.7 Å². The Hall–Kier alpha value is -1.54. The number of halogens is 1. The van der Waals surface area contributed by atoms with Gasteiger partial charge in [-0.1, -0.05) is 20.5 Å². The van der Waals surface area contributed by atoms with Crippen LogP contribution in [0.1, 0.15) is 6.42 Å². The van der Waals surface area contributed by atoms with Gasteiger partial charge in [0, 0.05) is 16.7 Å². The van der Waals surface area contributed by atoms with Gasteiger partial charge in [0.05, 0.1) is 0 Å². The van der Waals surface area contributed by atoms with Crippen molar-refractivity contribution in [1.82, 2.24) is 10.3 Å². The Bertz CT molecular complexity index is 599. The first-order chi connectivity index (χ1) is 10.4. The van der Waals surface area contributed by atoms with Crippen LogP contribution in [0, 0.1) is 0 Å². The average Bonchev–Trinajstić information content (AvgIpc) is 2.50. The van der Waals surface area contributed by atoms with Crippen LogP contribution in [0.2, 0.25) is 0 Å². The van der Waals surface area contributed by atoms with Gasteiger partial charge in [-0.25, -0.2) is 10.6 Å². The fraction of sp³-hybridized carbons (Fsp3) is 0.333. The lowest BCUT2D eigenvalue weighted by molar-refractivity contribution is -0.137. The highest BCUT2D eigenvalue weighted by molar-refractivity contribution is 9.10. The molecule has 3 atom stereocenters. The van der Waals surface area contributed by atoms with E-state index in [2.05, 4.69) is 26.6 Å². The molecule has 1 saturated heterocycles. The number of urea groups is 1. The van der Waals surface area contributed by atoms with Crippen molar-refractivity contribution in [2.75, 3.05) is 11.9 Å². The molecule has 3 amide bonds. The summed E-state index contributed by atoms with van der Waals surface area (Å²) < 4.78 is 12.3. The van der Waals surface area contributed by atoms with Crippen LogP contribution in [-0.4, -0.2) is 34.8 Å². The predicted molar refractivity (Wildman–Crippen MR) is 86.5 cm³/mol. The van der Waals surface area contributed by atoms with Crippen molar-refractivity contribution in [2.24, 2.45) is 11.6 Å². The third kappa shape index (κ3) is 3.44. The number of hydrazine groups is 1. The topological polar surface area (TPSA) is 131 Å². The van der Waals surface area contributed by atoms with Gasteiger partial charge >= 0.3 is 25.7 Å². The average molecular weight is 389 g/mol. The summed E-state index contributed by atoms with van der Waals surface area (Å²) in [5.41, 5.74) is 6.46. The van der Waals surface area contributed by atoms with Gasteiger partial charge in [-0.3, -0.25) is 15.5 Å². The number of hydrogen-bond donors (Lipinski definition) is 4. The lowest BCUT2D eigenvalue weighted by Gasteiger charge is -2.35. The minimum absolute atomic E-state index is 0.228. The molecule has 118 valence electrons. The van der Waals surface area contributed by atoms with Crippen molar-refractivity contribution >= 4 is 42.0 Å². The van der Waals surface area contributed by atoms with E-state index >= 15 is 0 Å². The molecular weight excluding hydrogens is 373 g/mol. The van der Waals surface area contributed by atoms with Crippen LogP contribution >= 0.6 is 24.4 Å². The zero-order valence-corrected chi connectivity index (χ0v) is 14.1. The first-order valence-corrected chi connectivity index (χ1v) is 8.15. The number of amides is 3. The molecule has 1 aromatic rings. The summed E-state index contributed by atoms with van der Waals surface area (Å²) in [6.07, 6.45) is 0.321. The SMILES string of the molecule is NN1CCC(NC(=O)Nc2ccc(Br)cc2)[C@](N)([PH+]=O)C1=O. The Morgan fingerprint density at radius 2 is 2.05 bits per heavy atom. The molecule has 10 heteroatoms. The summed E-state index contributed by atoms with van der Waals surface area (Å²) in [5, 5.41) is 4.44. The van der Waals surface area contributed by atoms with E-state index in [-0.39, 0.29) is 6.54 Å². The quantitative estimate of drug-likeness (QED) is 0.344. The van der Waals surface area contributed by atoms with Gasteiger partial charge in [0.25, 0.3) is 0 Å². The van der Waals surface area contributed by atoms with Gasteiger partial charge in [0.15, 0.2) is 0 Å². The minimum atomic E-state index is -1.70. The lowest BCUT2D eigenvalue weighted by Crippen LogP contribution is -2.69. The normalized spacial score (nSPS) is 25.1. The van der Waals surface area contributed by atoms with Crippen molar-refractivity contribution in [3.63, 3.8) is 0 Å². The summed E-state index contributed by atoms with van der Waals surface area (Å²) in [6.45, 7) is 0.228. The Morgan fingerprint density at radius 3 is 2.64 bits per heavy atom. The maximum absolute atomic E-state index is 12.0. The Morgan fingerprint density at radius 1 is 1.41 bits per heavy atom. The second kappa shape index (κ2) is 6.70. The van der Waals surface area contributed by atoms with E-state index in [1.807, 2.05) is 0 Å². The van der Waals surface area contributed by atoms with Crippen LogP contribution in [0.4, 0.5) is 10.5 Å². The van der Waals surface area contributed by atoms with E-state index in [4.69, 9.17) is 11.6 Å². The molecule has 0 bridgehead atoms. The van der Waals surface area contributed by atoms with Gasteiger partial charge in [0.2, 0.25) is 0 Å². The van der Waals surface area contributed by atoms with E-state index in [0.717, 1.165) is 9.48 Å². The molecule has 0 aliphatic carbocycles. The van der Waals surface area contributed by atoms with Crippen LogP contribution in [0.15, 0.2) is 28.7 Å². The van der Waals surface area contributed by atoms with Gasteiger partial charge in [0.1, 0.15) is 6.04 Å². The number of hydrogen-bond acceptors (Lipinski definition) is 5. The number of anilines is 1. The van der Waals surface area contributed by atoms with Crippen LogP contribution in [0.25, 0.3) is 0 Å². The van der Waals surface area contributed by atoms with Crippen LogP contribution in [0.3, 0.4) is 0 Å². The fourth-order valence-corrected chi connectivity index (χ4v) is 3.00. The van der Waals surface area contributed by atoms with Gasteiger partial charge in [-0.2, -0.15) is 0 Å². The molecule has 8 nitrogen and oxygen atoms in total. The van der Waals surface area contributed by atoms with Crippen LogP contribution in [-0.2, 0) is 9.36 Å². The molecule has 1 aromatic carbocycles. The summed E-state index contributed by atoms with van der Waals surface area (Å²) in [5.74, 6) is 4.84. The molecule has 2 rings (SSSR count). The molecule has 0 aromatic heterocycles. The number of nitrogens with two attached hydrogens (primary N) is 2. The minimum Gasteiger partial charge on any atom is -0.328 e. The zero-order valence-electron chi connectivity index (χ0n) is 11.5. The summed E-state index contributed by atoms with van der Waals surface area (Å²) in [6, 6.07) is 5.69. The van der Waals surface area contributed by atoms with Crippen LogP contribution in [0.5, 0.6) is 0 Å². The summed E-state index contributed by atoms with van der Waals surface area (Å²) in [4.78, 5) is 24.0. The Labute approximate surface area is 136 Å². The molecule has 2 unspecified atom stereocenters. The number of benzene rings is 1. The van der Waals surface area contributed by atoms with Gasteiger partial charge in [-0.15, -0.1) is 0 Å². The van der Waals surface area contributed by atoms with E-state index in [0.29, 0.717) is 12.1 Å². The van der Waals surface area contributed by atoms with E-state index in [1.165, 1.54) is 0 Å². The molecule has 1 aliphatic rings. The standard InChI is InChI=1S/C12H15BrN5O3P/c13-7-1-3-8(4-2-7)16-11(20)17-9-5-6-18(15)10(19)12(9,14)22-21/h1-4,9H,5-6,14-15H2,(H2,16,17,20)/p+1/t9?,12-/m0/s1. The molecular formula is C12H16BrN5O3P+. The monoisotopic (exact) mass is 388 g/mol. The first-order valence-electron chi connectivity index (χ1n) is 6.45. The Balaban J connectivity index is 2.05. The number of nitrogens with one attached hydrogen (secondary N) is 2. The molecule has 0 spiro atoms. The zero-order chi connectivity index (χ0) is 16.3. The fourth-order valence-electron chi connectivity index (χ4n) is 2.14. The highest BCUT2D eigenvalue weighted by atomic mass is 79.9. The molecule has 0 saturated carbocycles. The van der Waals surface area contributed by atoms with E-state index in [9.17, 15) is 14.2 Å². The Kier molecular flexibility index (Phi) is 5.12. The number of piperidine rings is 1. The number of carbonyl (C=O) groups excluding carboxylic acids is 2. The highest BCUT2D eigenvalue weighted by Crippen LogP contribution is 2.29. The van der Waals surface area contributed by atoms with Crippen LogP contribution < -0.4 is 22.2 Å². The highest BCUT2D eigenvalue weighted by Gasteiger charge is 2.56. The first kappa shape index (κ1) is 16.8. The third-order valence-corrected chi connectivity index (χ3v) is 4.83. The number of carbonyl (C=O) groups is 2. The van der Waals surface area contributed by atoms with Gasteiger partial charge < -0.3 is 10.6 Å². The second-order valence-corrected chi connectivity index (χ2v) is 6.86. The smallest absolute Gasteiger partial charge is 0.328 e. The van der Waals surface area contributed by atoms with E-state index in [1.54, 1.807) is 24.3 Å². The molecule has 22 heavy (non-hydrogen) atoms. The number of rotatable bonds is 3. The summed E-state index contributed by atoms with van der Waals surface area (Å²) in [7, 11) is -1.12. The van der Waals surface area contributed by atoms with Crippen molar-refractivity contribution < 1.29 is 14.2 Å².